The second-order valence-corrected chi connectivity index (χ2v) is 3.40. The second kappa shape index (κ2) is 6.84. The number of rotatable bonds is 4. The van der Waals surface area contributed by atoms with Crippen LogP contribution in [0.5, 0.6) is 0 Å². The summed E-state index contributed by atoms with van der Waals surface area (Å²) in [6.07, 6.45) is 0. The Labute approximate surface area is 78.9 Å². The van der Waals surface area contributed by atoms with Gasteiger partial charge in [0, 0.05) is 6.92 Å². The number of hydrogen-bond acceptors (Lipinski definition) is 6. The van der Waals surface area contributed by atoms with Crippen LogP contribution >= 0.6 is 23.5 Å². The molecular weight excluding hydrogens is 196 g/mol. The summed E-state index contributed by atoms with van der Waals surface area (Å²) in [5.41, 5.74) is -0.544. The van der Waals surface area contributed by atoms with Crippen LogP contribution in [0.15, 0.2) is 0 Å². The molecule has 0 radical (unpaired) electrons. The average molecular weight is 202 g/mol. The molecule has 0 N–H and O–H groups in total. The first-order valence-corrected chi connectivity index (χ1v) is 4.80. The maximum atomic E-state index is 10.5. The number of thiocyanates is 2. The number of nitrogens with zero attached hydrogens (tertiary/aromatic N) is 2. The number of hydrogen-bond donors (Lipinski definition) is 0. The van der Waals surface area contributed by atoms with Crippen LogP contribution in [0, 0.1) is 21.3 Å². The normalized spacial score (nSPS) is 10.9. The highest BCUT2D eigenvalue weighted by molar-refractivity contribution is 8.07. The molecule has 0 saturated heterocycles. The molecule has 0 aromatic heterocycles. The molecule has 0 saturated carbocycles. The van der Waals surface area contributed by atoms with Crippen molar-refractivity contribution in [2.24, 2.45) is 0 Å². The van der Waals surface area contributed by atoms with Gasteiger partial charge in [0.05, 0.1) is 5.75 Å². The lowest BCUT2D eigenvalue weighted by molar-refractivity contribution is -0.141. The van der Waals surface area contributed by atoms with Crippen molar-refractivity contribution >= 4 is 29.5 Å². The molecule has 0 fully saturated rings. The van der Waals surface area contributed by atoms with Gasteiger partial charge in [0.15, 0.2) is 5.44 Å². The fourth-order valence-electron chi connectivity index (χ4n) is 0.441. The third kappa shape index (κ3) is 5.90. The third-order valence-corrected chi connectivity index (χ3v) is 2.21. The van der Waals surface area contributed by atoms with E-state index in [0.29, 0.717) is 5.75 Å². The van der Waals surface area contributed by atoms with Crippen LogP contribution in [-0.2, 0) is 9.53 Å². The van der Waals surface area contributed by atoms with Crippen molar-refractivity contribution in [3.05, 3.63) is 0 Å². The topological polar surface area (TPSA) is 73.9 Å². The highest BCUT2D eigenvalue weighted by atomic mass is 32.2. The monoisotopic (exact) mass is 202 g/mol. The van der Waals surface area contributed by atoms with E-state index in [4.69, 9.17) is 15.3 Å². The number of esters is 1. The van der Waals surface area contributed by atoms with Gasteiger partial charge in [-0.2, -0.15) is 10.5 Å². The van der Waals surface area contributed by atoms with Gasteiger partial charge in [0.25, 0.3) is 0 Å². The summed E-state index contributed by atoms with van der Waals surface area (Å²) in [6, 6.07) is 0. The molecule has 4 nitrogen and oxygen atoms in total. The van der Waals surface area contributed by atoms with Crippen molar-refractivity contribution in [3.63, 3.8) is 0 Å². The maximum Gasteiger partial charge on any atom is 0.303 e. The Morgan fingerprint density at radius 3 is 2.67 bits per heavy atom. The minimum absolute atomic E-state index is 0.314. The molecule has 0 rings (SSSR count). The van der Waals surface area contributed by atoms with E-state index >= 15 is 0 Å². The summed E-state index contributed by atoms with van der Waals surface area (Å²) in [5.74, 6) is -0.129. The number of ether oxygens (including phenoxy) is 1. The van der Waals surface area contributed by atoms with Gasteiger partial charge in [-0.05, 0) is 23.5 Å². The standard InChI is InChI=1S/C6H6N2O2S2/c1-5(9)10-6(12-4-8)2-11-3-7/h6H,2H2,1H3/t6-/m1/s1. The number of nitriles is 2. The lowest BCUT2D eigenvalue weighted by atomic mass is 10.7. The largest absolute Gasteiger partial charge is 0.449 e. The summed E-state index contributed by atoms with van der Waals surface area (Å²) in [4.78, 5) is 10.5. The Bertz CT molecular complexity index is 231. The Hall–Kier alpha value is -0.850. The fraction of sp³-hybridized carbons (Fsp3) is 0.500. The highest BCUT2D eigenvalue weighted by Crippen LogP contribution is 2.15. The van der Waals surface area contributed by atoms with Crippen molar-refractivity contribution in [3.8, 4) is 10.8 Å². The summed E-state index contributed by atoms with van der Waals surface area (Å²) in [5, 5.41) is 20.1. The van der Waals surface area contributed by atoms with Gasteiger partial charge in [-0.15, -0.1) is 0 Å². The average Bonchev–Trinajstić information content (AvgIpc) is 2.00. The fourth-order valence-corrected chi connectivity index (χ4v) is 1.50. The molecule has 0 aromatic rings. The number of carbonyl (C=O) groups excluding carboxylic acids is 1. The van der Waals surface area contributed by atoms with Crippen molar-refractivity contribution < 1.29 is 9.53 Å². The Balaban J connectivity index is 3.81. The molecule has 1 atom stereocenters. The van der Waals surface area contributed by atoms with E-state index in [1.807, 2.05) is 5.40 Å². The van der Waals surface area contributed by atoms with Crippen LogP contribution in [0.2, 0.25) is 0 Å². The second-order valence-electron chi connectivity index (χ2n) is 1.65. The molecular formula is C6H6N2O2S2. The first-order valence-electron chi connectivity index (χ1n) is 2.93. The molecule has 0 aromatic carbocycles. The van der Waals surface area contributed by atoms with Crippen LogP contribution in [0.25, 0.3) is 0 Å². The SMILES string of the molecule is CC(=O)O[C@@H](CSC#N)SC#N. The van der Waals surface area contributed by atoms with Crippen LogP contribution in [-0.4, -0.2) is 17.2 Å². The zero-order chi connectivity index (χ0) is 9.40. The smallest absolute Gasteiger partial charge is 0.303 e. The van der Waals surface area contributed by atoms with Crippen molar-refractivity contribution in [2.45, 2.75) is 12.4 Å². The molecule has 0 amide bonds. The summed E-state index contributed by atoms with van der Waals surface area (Å²) in [7, 11) is 0. The summed E-state index contributed by atoms with van der Waals surface area (Å²) < 4.78 is 4.72. The zero-order valence-electron chi connectivity index (χ0n) is 6.31. The molecule has 0 aliphatic carbocycles. The van der Waals surface area contributed by atoms with E-state index in [-0.39, 0.29) is 0 Å². The van der Waals surface area contributed by atoms with Gasteiger partial charge in [-0.1, -0.05) is 0 Å². The lowest BCUT2D eigenvalue weighted by Crippen LogP contribution is -2.14. The minimum Gasteiger partial charge on any atom is -0.449 e. The lowest BCUT2D eigenvalue weighted by Gasteiger charge is -2.09. The van der Waals surface area contributed by atoms with Gasteiger partial charge < -0.3 is 4.74 Å². The van der Waals surface area contributed by atoms with E-state index in [1.54, 1.807) is 5.40 Å². The van der Waals surface area contributed by atoms with Gasteiger partial charge in [0.1, 0.15) is 10.8 Å². The van der Waals surface area contributed by atoms with Crippen LogP contribution in [0.1, 0.15) is 6.92 Å². The van der Waals surface area contributed by atoms with Crippen molar-refractivity contribution in [1.82, 2.24) is 0 Å². The van der Waals surface area contributed by atoms with E-state index < -0.39 is 11.4 Å². The zero-order valence-corrected chi connectivity index (χ0v) is 7.94. The van der Waals surface area contributed by atoms with E-state index in [1.165, 1.54) is 6.92 Å². The molecule has 0 aliphatic rings. The minimum atomic E-state index is -0.544. The van der Waals surface area contributed by atoms with Gasteiger partial charge in [0.2, 0.25) is 0 Å². The molecule has 6 heteroatoms. The highest BCUT2D eigenvalue weighted by Gasteiger charge is 2.12. The Morgan fingerprint density at radius 2 is 2.25 bits per heavy atom. The third-order valence-electron chi connectivity index (χ3n) is 0.766. The molecule has 0 aliphatic heterocycles. The number of thioether (sulfide) groups is 2. The van der Waals surface area contributed by atoms with Crippen molar-refractivity contribution in [2.75, 3.05) is 5.75 Å². The quantitative estimate of drug-likeness (QED) is 0.388. The Morgan fingerprint density at radius 1 is 1.58 bits per heavy atom. The first kappa shape index (κ1) is 11.2. The maximum absolute atomic E-state index is 10.5. The number of carbonyl (C=O) groups is 1. The Kier molecular flexibility index (Phi) is 6.35. The van der Waals surface area contributed by atoms with Crippen LogP contribution in [0.4, 0.5) is 0 Å². The molecule has 0 unspecified atom stereocenters. The summed E-state index contributed by atoms with van der Waals surface area (Å²) in [6.45, 7) is 1.27. The molecule has 0 spiro atoms. The summed E-state index contributed by atoms with van der Waals surface area (Å²) >= 11 is 1.79. The van der Waals surface area contributed by atoms with E-state index in [2.05, 4.69) is 0 Å². The van der Waals surface area contributed by atoms with E-state index in [0.717, 1.165) is 23.5 Å². The molecule has 64 valence electrons. The van der Waals surface area contributed by atoms with Crippen molar-refractivity contribution in [1.29, 1.82) is 10.5 Å². The van der Waals surface area contributed by atoms with E-state index in [9.17, 15) is 4.79 Å². The van der Waals surface area contributed by atoms with Gasteiger partial charge in [-0.3, -0.25) is 4.79 Å². The predicted molar refractivity (Wildman–Crippen MR) is 46.8 cm³/mol. The molecule has 0 heterocycles. The molecule has 12 heavy (non-hydrogen) atoms. The predicted octanol–water partition coefficient (Wildman–Crippen LogP) is 1.30. The van der Waals surface area contributed by atoms with Crippen LogP contribution < -0.4 is 0 Å². The van der Waals surface area contributed by atoms with Gasteiger partial charge >= 0.3 is 5.97 Å². The first-order chi connectivity index (χ1) is 5.70. The molecule has 0 bridgehead atoms. The van der Waals surface area contributed by atoms with Gasteiger partial charge in [-0.25, -0.2) is 0 Å². The van der Waals surface area contributed by atoms with Crippen LogP contribution in [0.3, 0.4) is 0 Å².